The van der Waals surface area contributed by atoms with Gasteiger partial charge in [0.15, 0.2) is 0 Å². The highest BCUT2D eigenvalue weighted by Gasteiger charge is 2.10. The second-order valence-corrected chi connectivity index (χ2v) is 3.51. The van der Waals surface area contributed by atoms with Gasteiger partial charge >= 0.3 is 5.97 Å². The summed E-state index contributed by atoms with van der Waals surface area (Å²) in [5.41, 5.74) is 0. The van der Waals surface area contributed by atoms with E-state index in [1.807, 2.05) is 0 Å². The zero-order valence-electron chi connectivity index (χ0n) is 7.04. The van der Waals surface area contributed by atoms with E-state index in [0.717, 1.165) is 17.3 Å². The average Bonchev–Trinajstić information content (AvgIpc) is 2.06. The molecule has 0 unspecified atom stereocenters. The summed E-state index contributed by atoms with van der Waals surface area (Å²) in [6.45, 7) is 2.98. The van der Waals surface area contributed by atoms with Crippen molar-refractivity contribution in [2.75, 3.05) is 19.0 Å². The highest BCUT2D eigenvalue weighted by Crippen LogP contribution is 2.23. The molecule has 1 aliphatic rings. The number of thioether (sulfide) groups is 1. The molecule has 3 nitrogen and oxygen atoms in total. The first-order chi connectivity index (χ1) is 5.83. The molecule has 0 bridgehead atoms. The molecule has 0 saturated heterocycles. The van der Waals surface area contributed by atoms with Gasteiger partial charge in [0.2, 0.25) is 0 Å². The van der Waals surface area contributed by atoms with E-state index in [4.69, 9.17) is 9.47 Å². The molecule has 0 N–H and O–H groups in total. The summed E-state index contributed by atoms with van der Waals surface area (Å²) < 4.78 is 9.87. The number of hydrogen-bond acceptors (Lipinski definition) is 4. The lowest BCUT2D eigenvalue weighted by molar-refractivity contribution is -0.142. The molecule has 4 heteroatoms. The largest absolute Gasteiger partial charge is 0.499 e. The first kappa shape index (κ1) is 9.45. The van der Waals surface area contributed by atoms with Gasteiger partial charge in [-0.25, -0.2) is 0 Å². The Kier molecular flexibility index (Phi) is 4.00. The lowest BCUT2D eigenvalue weighted by Crippen LogP contribution is -2.07. The molecule has 0 aromatic rings. The molecule has 0 atom stereocenters. The van der Waals surface area contributed by atoms with Gasteiger partial charge in [-0.2, -0.15) is 0 Å². The van der Waals surface area contributed by atoms with Crippen molar-refractivity contribution in [1.29, 1.82) is 0 Å². The summed E-state index contributed by atoms with van der Waals surface area (Å²) in [6, 6.07) is 0. The maximum Gasteiger partial charge on any atom is 0.310 e. The van der Waals surface area contributed by atoms with Crippen molar-refractivity contribution in [3.8, 4) is 0 Å². The zero-order valence-corrected chi connectivity index (χ0v) is 7.86. The Morgan fingerprint density at radius 3 is 3.25 bits per heavy atom. The maximum atomic E-state index is 11.0. The van der Waals surface area contributed by atoms with Crippen molar-refractivity contribution < 1.29 is 14.3 Å². The minimum Gasteiger partial charge on any atom is -0.499 e. The normalized spacial score (nSPS) is 16.2. The van der Waals surface area contributed by atoms with Crippen LogP contribution in [-0.4, -0.2) is 24.9 Å². The fourth-order valence-corrected chi connectivity index (χ4v) is 1.65. The topological polar surface area (TPSA) is 35.5 Å². The molecular weight excluding hydrogens is 176 g/mol. The standard InChI is InChI=1S/C8H12O3S/c1-2-11-8(9)5-7-6-10-3-4-12-7/h6H,2-5H2,1H3. The van der Waals surface area contributed by atoms with Crippen LogP contribution < -0.4 is 0 Å². The summed E-state index contributed by atoms with van der Waals surface area (Å²) in [7, 11) is 0. The van der Waals surface area contributed by atoms with Crippen LogP contribution in [0.25, 0.3) is 0 Å². The Bertz CT molecular complexity index is 189. The Morgan fingerprint density at radius 2 is 2.67 bits per heavy atom. The first-order valence-corrected chi connectivity index (χ1v) is 4.90. The molecule has 1 heterocycles. The molecule has 0 saturated carbocycles. The smallest absolute Gasteiger partial charge is 0.310 e. The molecule has 12 heavy (non-hydrogen) atoms. The Labute approximate surface area is 76.1 Å². The van der Waals surface area contributed by atoms with Gasteiger partial charge in [0.05, 0.1) is 25.9 Å². The Hall–Kier alpha value is -0.640. The fraction of sp³-hybridized carbons (Fsp3) is 0.625. The first-order valence-electron chi connectivity index (χ1n) is 3.92. The number of ether oxygens (including phenoxy) is 2. The van der Waals surface area contributed by atoms with Crippen molar-refractivity contribution in [3.05, 3.63) is 11.2 Å². The minimum absolute atomic E-state index is 0.179. The van der Waals surface area contributed by atoms with Crippen LogP contribution in [0.2, 0.25) is 0 Å². The summed E-state index contributed by atoms with van der Waals surface area (Å²) in [5, 5.41) is 0. The quantitative estimate of drug-likeness (QED) is 0.629. The third kappa shape index (κ3) is 3.17. The lowest BCUT2D eigenvalue weighted by atomic mass is 10.4. The molecule has 0 radical (unpaired) electrons. The van der Waals surface area contributed by atoms with E-state index in [0.29, 0.717) is 13.0 Å². The third-order valence-electron chi connectivity index (χ3n) is 1.33. The van der Waals surface area contributed by atoms with Crippen molar-refractivity contribution >= 4 is 17.7 Å². The van der Waals surface area contributed by atoms with Gasteiger partial charge < -0.3 is 9.47 Å². The van der Waals surface area contributed by atoms with Crippen LogP contribution in [0.3, 0.4) is 0 Å². The molecule has 1 aliphatic heterocycles. The number of carbonyl (C=O) groups excluding carboxylic acids is 1. The van der Waals surface area contributed by atoms with Crippen LogP contribution in [0, 0.1) is 0 Å². The Morgan fingerprint density at radius 1 is 1.83 bits per heavy atom. The molecule has 0 spiro atoms. The van der Waals surface area contributed by atoms with E-state index in [9.17, 15) is 4.79 Å². The molecule has 0 aromatic carbocycles. The molecule has 1 rings (SSSR count). The average molecular weight is 188 g/mol. The van der Waals surface area contributed by atoms with Crippen molar-refractivity contribution in [2.45, 2.75) is 13.3 Å². The number of esters is 1. The molecule has 0 aromatic heterocycles. The van der Waals surface area contributed by atoms with E-state index in [-0.39, 0.29) is 5.97 Å². The SMILES string of the molecule is CCOC(=O)CC1=COCCS1. The minimum atomic E-state index is -0.179. The van der Waals surface area contributed by atoms with Gasteiger partial charge in [-0.05, 0) is 6.92 Å². The van der Waals surface area contributed by atoms with Crippen LogP contribution in [0.15, 0.2) is 11.2 Å². The van der Waals surface area contributed by atoms with Crippen LogP contribution >= 0.6 is 11.8 Å². The zero-order chi connectivity index (χ0) is 8.81. The molecule has 0 fully saturated rings. The summed E-state index contributed by atoms with van der Waals surface area (Å²) >= 11 is 1.65. The van der Waals surface area contributed by atoms with Gasteiger partial charge in [0, 0.05) is 10.7 Å². The monoisotopic (exact) mass is 188 g/mol. The molecule has 0 amide bonds. The fourth-order valence-electron chi connectivity index (χ4n) is 0.854. The van der Waals surface area contributed by atoms with E-state index in [2.05, 4.69) is 0 Å². The van der Waals surface area contributed by atoms with Crippen molar-refractivity contribution in [1.82, 2.24) is 0 Å². The summed E-state index contributed by atoms with van der Waals surface area (Å²) in [4.78, 5) is 11.9. The number of hydrogen-bond donors (Lipinski definition) is 0. The molecule has 68 valence electrons. The summed E-state index contributed by atoms with van der Waals surface area (Å²) in [5.74, 6) is 0.743. The maximum absolute atomic E-state index is 11.0. The van der Waals surface area contributed by atoms with E-state index < -0.39 is 0 Å². The summed E-state index contributed by atoms with van der Waals surface area (Å²) in [6.07, 6.45) is 1.99. The van der Waals surface area contributed by atoms with Gasteiger partial charge in [-0.3, -0.25) is 4.79 Å². The molecule has 0 aliphatic carbocycles. The van der Waals surface area contributed by atoms with Crippen LogP contribution in [0.1, 0.15) is 13.3 Å². The predicted octanol–water partition coefficient (Wildman–Crippen LogP) is 1.54. The van der Waals surface area contributed by atoms with E-state index in [1.54, 1.807) is 24.9 Å². The number of carbonyl (C=O) groups is 1. The van der Waals surface area contributed by atoms with Gasteiger partial charge in [0.1, 0.15) is 0 Å². The van der Waals surface area contributed by atoms with Crippen LogP contribution in [0.4, 0.5) is 0 Å². The van der Waals surface area contributed by atoms with Crippen molar-refractivity contribution in [2.24, 2.45) is 0 Å². The van der Waals surface area contributed by atoms with Gasteiger partial charge in [-0.15, -0.1) is 11.8 Å². The predicted molar refractivity (Wildman–Crippen MR) is 47.7 cm³/mol. The Balaban J connectivity index is 2.29. The van der Waals surface area contributed by atoms with E-state index in [1.165, 1.54) is 0 Å². The van der Waals surface area contributed by atoms with Crippen LogP contribution in [0.5, 0.6) is 0 Å². The second-order valence-electron chi connectivity index (χ2n) is 2.29. The highest BCUT2D eigenvalue weighted by molar-refractivity contribution is 8.03. The van der Waals surface area contributed by atoms with E-state index >= 15 is 0 Å². The lowest BCUT2D eigenvalue weighted by Gasteiger charge is -2.11. The second kappa shape index (κ2) is 5.09. The van der Waals surface area contributed by atoms with Crippen LogP contribution in [-0.2, 0) is 14.3 Å². The molecular formula is C8H12O3S. The number of rotatable bonds is 3. The van der Waals surface area contributed by atoms with Gasteiger partial charge in [-0.1, -0.05) is 0 Å². The third-order valence-corrected chi connectivity index (χ3v) is 2.31. The van der Waals surface area contributed by atoms with Gasteiger partial charge in [0.25, 0.3) is 0 Å². The highest BCUT2D eigenvalue weighted by atomic mass is 32.2. The van der Waals surface area contributed by atoms with Crippen molar-refractivity contribution in [3.63, 3.8) is 0 Å².